The maximum absolute atomic E-state index is 10.5. The number of hydrogen-bond donors (Lipinski definition) is 2. The Morgan fingerprint density at radius 1 is 1.60 bits per heavy atom. The molecule has 0 bridgehead atoms. The molecule has 1 amide bonds. The molecule has 0 aliphatic carbocycles. The summed E-state index contributed by atoms with van der Waals surface area (Å²) in [5.41, 5.74) is 5.74. The minimum atomic E-state index is -0.417. The lowest BCUT2D eigenvalue weighted by atomic mass is 10.3. The normalized spacial score (nSPS) is 9.73. The zero-order chi connectivity index (χ0) is 11.3. The molecular weight excluding hydrogens is 216 g/mol. The third-order valence-electron chi connectivity index (χ3n) is 1.70. The van der Waals surface area contributed by atoms with Crippen LogP contribution in [0, 0.1) is 0 Å². The van der Waals surface area contributed by atoms with Crippen molar-refractivity contribution in [2.45, 2.75) is 6.92 Å². The molecule has 0 aliphatic rings. The van der Waals surface area contributed by atoms with Crippen LogP contribution in [-0.4, -0.2) is 19.1 Å². The lowest BCUT2D eigenvalue weighted by Crippen LogP contribution is -2.21. The fraction of sp³-hybridized carbons (Fsp3) is 0.300. The van der Waals surface area contributed by atoms with Gasteiger partial charge in [0.25, 0.3) is 0 Å². The first-order valence-corrected chi connectivity index (χ1v) is 4.95. The third-order valence-corrected chi connectivity index (χ3v) is 1.99. The topological polar surface area (TPSA) is 64.3 Å². The molecule has 0 fully saturated rings. The lowest BCUT2D eigenvalue weighted by Gasteiger charge is -2.08. The van der Waals surface area contributed by atoms with Crippen LogP contribution in [0.15, 0.2) is 18.2 Å². The minimum Gasteiger partial charge on any atom is -0.492 e. The van der Waals surface area contributed by atoms with Crippen molar-refractivity contribution in [3.63, 3.8) is 0 Å². The predicted octanol–water partition coefficient (Wildman–Crippen LogP) is 1.64. The van der Waals surface area contributed by atoms with Gasteiger partial charge in [-0.15, -0.1) is 0 Å². The molecule has 0 radical (unpaired) electrons. The van der Waals surface area contributed by atoms with E-state index in [1.165, 1.54) is 0 Å². The number of benzene rings is 1. The number of nitrogens with two attached hydrogens (primary N) is 1. The number of amides is 1. The molecule has 0 heterocycles. The van der Waals surface area contributed by atoms with Gasteiger partial charge in [-0.25, -0.2) is 0 Å². The van der Waals surface area contributed by atoms with Gasteiger partial charge in [-0.2, -0.15) is 0 Å². The van der Waals surface area contributed by atoms with E-state index in [2.05, 4.69) is 5.32 Å². The highest BCUT2D eigenvalue weighted by Gasteiger charge is 2.02. The monoisotopic (exact) mass is 228 g/mol. The second-order valence-corrected chi connectivity index (χ2v) is 3.31. The van der Waals surface area contributed by atoms with E-state index >= 15 is 0 Å². The molecule has 0 atom stereocenters. The van der Waals surface area contributed by atoms with Gasteiger partial charge in [0.1, 0.15) is 5.75 Å². The predicted molar refractivity (Wildman–Crippen MR) is 60.3 cm³/mol. The van der Waals surface area contributed by atoms with Crippen LogP contribution in [0.3, 0.4) is 0 Å². The van der Waals surface area contributed by atoms with E-state index in [-0.39, 0.29) is 6.54 Å². The SMILES string of the molecule is CCOc1ccc(NCC(N)=O)cc1Cl. The number of halogens is 1. The van der Waals surface area contributed by atoms with Crippen molar-refractivity contribution in [3.8, 4) is 5.75 Å². The van der Waals surface area contributed by atoms with Crippen LogP contribution in [0.1, 0.15) is 6.92 Å². The Hall–Kier alpha value is -1.42. The van der Waals surface area contributed by atoms with Gasteiger partial charge in [-0.05, 0) is 25.1 Å². The van der Waals surface area contributed by atoms with Gasteiger partial charge in [0, 0.05) is 5.69 Å². The molecule has 3 N–H and O–H groups in total. The highest BCUT2D eigenvalue weighted by Crippen LogP contribution is 2.27. The molecule has 0 saturated carbocycles. The minimum absolute atomic E-state index is 0.0876. The van der Waals surface area contributed by atoms with Gasteiger partial charge in [-0.3, -0.25) is 4.79 Å². The van der Waals surface area contributed by atoms with Crippen LogP contribution < -0.4 is 15.8 Å². The highest BCUT2D eigenvalue weighted by atomic mass is 35.5. The molecular formula is C10H13ClN2O2. The van der Waals surface area contributed by atoms with Crippen molar-refractivity contribution >= 4 is 23.2 Å². The van der Waals surface area contributed by atoms with Gasteiger partial charge in [0.15, 0.2) is 0 Å². The Balaban J connectivity index is 2.68. The summed E-state index contributed by atoms with van der Waals surface area (Å²) in [7, 11) is 0. The van der Waals surface area contributed by atoms with Gasteiger partial charge < -0.3 is 15.8 Å². The summed E-state index contributed by atoms with van der Waals surface area (Å²) in [5, 5.41) is 3.35. The van der Waals surface area contributed by atoms with E-state index in [9.17, 15) is 4.79 Å². The maximum Gasteiger partial charge on any atom is 0.236 e. The molecule has 5 heteroatoms. The van der Waals surface area contributed by atoms with Crippen molar-refractivity contribution in [2.24, 2.45) is 5.73 Å². The molecule has 1 aromatic rings. The first-order chi connectivity index (χ1) is 7.13. The smallest absolute Gasteiger partial charge is 0.236 e. The summed E-state index contributed by atoms with van der Waals surface area (Å²) in [6.07, 6.45) is 0. The Bertz CT molecular complexity index is 355. The van der Waals surface area contributed by atoms with E-state index in [1.807, 2.05) is 6.92 Å². The zero-order valence-electron chi connectivity index (χ0n) is 8.42. The second kappa shape index (κ2) is 5.46. The van der Waals surface area contributed by atoms with Crippen LogP contribution in [0.5, 0.6) is 5.75 Å². The molecule has 1 rings (SSSR count). The van der Waals surface area contributed by atoms with E-state index in [0.29, 0.717) is 17.4 Å². The molecule has 0 aliphatic heterocycles. The standard InChI is InChI=1S/C10H13ClN2O2/c1-2-15-9-4-3-7(5-8(9)11)13-6-10(12)14/h3-5,13H,2,6H2,1H3,(H2,12,14). The van der Waals surface area contributed by atoms with Crippen molar-refractivity contribution < 1.29 is 9.53 Å². The number of rotatable bonds is 5. The van der Waals surface area contributed by atoms with Crippen molar-refractivity contribution in [3.05, 3.63) is 23.2 Å². The first kappa shape index (κ1) is 11.7. The average Bonchev–Trinajstić information content (AvgIpc) is 2.19. The summed E-state index contributed by atoms with van der Waals surface area (Å²) >= 11 is 5.94. The lowest BCUT2D eigenvalue weighted by molar-refractivity contribution is -0.116. The maximum atomic E-state index is 10.5. The zero-order valence-corrected chi connectivity index (χ0v) is 9.17. The number of anilines is 1. The second-order valence-electron chi connectivity index (χ2n) is 2.90. The van der Waals surface area contributed by atoms with E-state index < -0.39 is 5.91 Å². The van der Waals surface area contributed by atoms with Gasteiger partial charge in [0.05, 0.1) is 18.2 Å². The number of carbonyl (C=O) groups is 1. The fourth-order valence-corrected chi connectivity index (χ4v) is 1.31. The Kier molecular flexibility index (Phi) is 4.24. The molecule has 4 nitrogen and oxygen atoms in total. The number of primary amides is 1. The fourth-order valence-electron chi connectivity index (χ4n) is 1.07. The summed E-state index contributed by atoms with van der Waals surface area (Å²) in [6.45, 7) is 2.54. The molecule has 0 spiro atoms. The Morgan fingerprint density at radius 2 is 2.33 bits per heavy atom. The number of ether oxygens (including phenoxy) is 1. The number of nitrogens with one attached hydrogen (secondary N) is 1. The largest absolute Gasteiger partial charge is 0.492 e. The van der Waals surface area contributed by atoms with Crippen LogP contribution in [-0.2, 0) is 4.79 Å². The summed E-state index contributed by atoms with van der Waals surface area (Å²) in [4.78, 5) is 10.5. The Labute approximate surface area is 93.4 Å². The van der Waals surface area contributed by atoms with Crippen LogP contribution >= 0.6 is 11.6 Å². The summed E-state index contributed by atoms with van der Waals surface area (Å²) < 4.78 is 5.27. The van der Waals surface area contributed by atoms with Gasteiger partial charge >= 0.3 is 0 Å². The molecule has 15 heavy (non-hydrogen) atoms. The molecule has 0 aromatic heterocycles. The average molecular weight is 229 g/mol. The summed E-state index contributed by atoms with van der Waals surface area (Å²) in [6, 6.07) is 5.21. The van der Waals surface area contributed by atoms with Crippen LogP contribution in [0.25, 0.3) is 0 Å². The molecule has 1 aromatic carbocycles. The molecule has 82 valence electrons. The summed E-state index contributed by atoms with van der Waals surface area (Å²) in [5.74, 6) is 0.212. The van der Waals surface area contributed by atoms with Crippen molar-refractivity contribution in [1.29, 1.82) is 0 Å². The first-order valence-electron chi connectivity index (χ1n) is 4.58. The Morgan fingerprint density at radius 3 is 2.87 bits per heavy atom. The molecule has 0 saturated heterocycles. The van der Waals surface area contributed by atoms with Crippen molar-refractivity contribution in [1.82, 2.24) is 0 Å². The molecule has 0 unspecified atom stereocenters. The van der Waals surface area contributed by atoms with E-state index in [4.69, 9.17) is 22.1 Å². The number of hydrogen-bond acceptors (Lipinski definition) is 3. The van der Waals surface area contributed by atoms with Crippen molar-refractivity contribution in [2.75, 3.05) is 18.5 Å². The quantitative estimate of drug-likeness (QED) is 0.805. The number of carbonyl (C=O) groups excluding carboxylic acids is 1. The van der Waals surface area contributed by atoms with Gasteiger partial charge in [-0.1, -0.05) is 11.6 Å². The van der Waals surface area contributed by atoms with E-state index in [0.717, 1.165) is 5.69 Å². The van der Waals surface area contributed by atoms with E-state index in [1.54, 1.807) is 18.2 Å². The van der Waals surface area contributed by atoms with Gasteiger partial charge in [0.2, 0.25) is 5.91 Å². The van der Waals surface area contributed by atoms with Crippen LogP contribution in [0.2, 0.25) is 5.02 Å². The third kappa shape index (κ3) is 3.67. The highest BCUT2D eigenvalue weighted by molar-refractivity contribution is 6.32. The van der Waals surface area contributed by atoms with Crippen LogP contribution in [0.4, 0.5) is 5.69 Å².